The Morgan fingerprint density at radius 2 is 1.50 bits per heavy atom. The largest absolute Gasteiger partial charge is 0.347 e. The fraction of sp³-hybridized carbons (Fsp3) is 0.273. The van der Waals surface area contributed by atoms with Gasteiger partial charge in [0.1, 0.15) is 0 Å². The summed E-state index contributed by atoms with van der Waals surface area (Å²) >= 11 is 0. The van der Waals surface area contributed by atoms with E-state index in [1.54, 1.807) is 0 Å². The molecule has 0 unspecified atom stereocenters. The molecule has 1 aliphatic heterocycles. The lowest BCUT2D eigenvalue weighted by molar-refractivity contribution is -0.163. The number of rotatable bonds is 1. The van der Waals surface area contributed by atoms with Gasteiger partial charge in [0.05, 0.1) is 13.2 Å². The van der Waals surface area contributed by atoms with Gasteiger partial charge in [-0.15, -0.1) is 0 Å². The van der Waals surface area contributed by atoms with Crippen molar-refractivity contribution in [3.63, 3.8) is 0 Å². The molecule has 2 heteroatoms. The van der Waals surface area contributed by atoms with E-state index in [4.69, 9.17) is 9.47 Å². The molecule has 120 valence electrons. The normalized spacial score (nSPS) is 18.8. The lowest BCUT2D eigenvalue weighted by Crippen LogP contribution is -2.37. The first-order chi connectivity index (χ1) is 11.8. The van der Waals surface area contributed by atoms with Crippen molar-refractivity contribution in [1.82, 2.24) is 0 Å². The third-order valence-electron chi connectivity index (χ3n) is 5.39. The Balaban J connectivity index is 1.70. The Bertz CT molecular complexity index is 901. The monoisotopic (exact) mass is 316 g/mol. The molecule has 0 bridgehead atoms. The van der Waals surface area contributed by atoms with Crippen LogP contribution in [-0.2, 0) is 22.3 Å². The standard InChI is InChI=1S/C22H20O2/c1-2-8-18-16(5-1)6-3-9-19(18)20-10-4-7-17-11-12-22(15-21(17)20)23-13-14-24-22/h1-10H,11-15H2. The topological polar surface area (TPSA) is 18.5 Å². The van der Waals surface area contributed by atoms with Gasteiger partial charge >= 0.3 is 0 Å². The number of benzene rings is 3. The van der Waals surface area contributed by atoms with Crippen LogP contribution in [0, 0.1) is 0 Å². The van der Waals surface area contributed by atoms with E-state index in [9.17, 15) is 0 Å². The summed E-state index contributed by atoms with van der Waals surface area (Å²) in [4.78, 5) is 0. The van der Waals surface area contributed by atoms with Crippen LogP contribution in [0.1, 0.15) is 17.5 Å². The summed E-state index contributed by atoms with van der Waals surface area (Å²) in [6.45, 7) is 1.43. The van der Waals surface area contributed by atoms with E-state index in [1.165, 1.54) is 33.0 Å². The van der Waals surface area contributed by atoms with Crippen molar-refractivity contribution >= 4 is 10.8 Å². The van der Waals surface area contributed by atoms with Crippen LogP contribution in [0.2, 0.25) is 0 Å². The van der Waals surface area contributed by atoms with Crippen molar-refractivity contribution in [2.45, 2.75) is 25.0 Å². The van der Waals surface area contributed by atoms with Gasteiger partial charge in [-0.3, -0.25) is 0 Å². The maximum Gasteiger partial charge on any atom is 0.172 e. The lowest BCUT2D eigenvalue weighted by atomic mass is 9.82. The van der Waals surface area contributed by atoms with Gasteiger partial charge in [0.15, 0.2) is 5.79 Å². The van der Waals surface area contributed by atoms with Gasteiger partial charge in [0.2, 0.25) is 0 Å². The van der Waals surface area contributed by atoms with Gasteiger partial charge in [-0.05, 0) is 39.4 Å². The quantitative estimate of drug-likeness (QED) is 0.645. The molecule has 0 aromatic heterocycles. The summed E-state index contributed by atoms with van der Waals surface area (Å²) < 4.78 is 12.0. The molecule has 24 heavy (non-hydrogen) atoms. The highest BCUT2D eigenvalue weighted by Crippen LogP contribution is 2.41. The molecule has 1 saturated heterocycles. The molecule has 0 N–H and O–H groups in total. The summed E-state index contributed by atoms with van der Waals surface area (Å²) in [6.07, 6.45) is 2.83. The van der Waals surface area contributed by atoms with Gasteiger partial charge in [0, 0.05) is 12.8 Å². The number of ether oxygens (including phenoxy) is 2. The Labute approximate surface area is 142 Å². The zero-order valence-corrected chi connectivity index (χ0v) is 13.6. The first-order valence-electron chi connectivity index (χ1n) is 8.72. The molecule has 1 heterocycles. The highest BCUT2D eigenvalue weighted by atomic mass is 16.7. The molecule has 3 aromatic rings. The van der Waals surface area contributed by atoms with Crippen LogP contribution in [-0.4, -0.2) is 19.0 Å². The summed E-state index contributed by atoms with van der Waals surface area (Å²) in [5.41, 5.74) is 5.45. The highest BCUT2D eigenvalue weighted by molar-refractivity contribution is 5.97. The number of fused-ring (bicyclic) bond motifs is 2. The zero-order chi connectivity index (χ0) is 16.0. The highest BCUT2D eigenvalue weighted by Gasteiger charge is 2.40. The SMILES string of the molecule is c1cc2c(c(-c3cccc4ccccc34)c1)CC1(CC2)OCCO1. The van der Waals surface area contributed by atoms with Gasteiger partial charge in [-0.2, -0.15) is 0 Å². The number of hydrogen-bond donors (Lipinski definition) is 0. The maximum absolute atomic E-state index is 5.99. The molecule has 0 saturated carbocycles. The van der Waals surface area contributed by atoms with E-state index in [0.29, 0.717) is 13.2 Å². The average Bonchev–Trinajstić information content (AvgIpc) is 3.09. The molecule has 1 aliphatic carbocycles. The Kier molecular flexibility index (Phi) is 3.22. The zero-order valence-electron chi connectivity index (χ0n) is 13.6. The third-order valence-corrected chi connectivity index (χ3v) is 5.39. The second-order valence-electron chi connectivity index (χ2n) is 6.75. The molecule has 2 nitrogen and oxygen atoms in total. The molecular formula is C22H20O2. The van der Waals surface area contributed by atoms with Crippen LogP contribution in [0.15, 0.2) is 60.7 Å². The van der Waals surface area contributed by atoms with E-state index in [-0.39, 0.29) is 0 Å². The van der Waals surface area contributed by atoms with Crippen molar-refractivity contribution < 1.29 is 9.47 Å². The van der Waals surface area contributed by atoms with Gasteiger partial charge in [-0.25, -0.2) is 0 Å². The minimum atomic E-state index is -0.395. The fourth-order valence-electron chi connectivity index (χ4n) is 4.22. The van der Waals surface area contributed by atoms with Crippen molar-refractivity contribution in [2.75, 3.05) is 13.2 Å². The van der Waals surface area contributed by atoms with Crippen LogP contribution in [0.5, 0.6) is 0 Å². The Morgan fingerprint density at radius 1 is 0.750 bits per heavy atom. The van der Waals surface area contributed by atoms with Gasteiger partial charge < -0.3 is 9.47 Å². The van der Waals surface area contributed by atoms with Crippen molar-refractivity contribution in [3.8, 4) is 11.1 Å². The molecule has 1 spiro atoms. The second-order valence-corrected chi connectivity index (χ2v) is 6.75. The van der Waals surface area contributed by atoms with Crippen LogP contribution < -0.4 is 0 Å². The van der Waals surface area contributed by atoms with E-state index in [1.807, 2.05) is 0 Å². The number of aryl methyl sites for hydroxylation is 1. The molecule has 0 atom stereocenters. The van der Waals surface area contributed by atoms with Crippen LogP contribution >= 0.6 is 0 Å². The molecule has 3 aromatic carbocycles. The van der Waals surface area contributed by atoms with E-state index < -0.39 is 5.79 Å². The third kappa shape index (κ3) is 2.18. The predicted octanol–water partition coefficient (Wildman–Crippen LogP) is 4.74. The number of hydrogen-bond acceptors (Lipinski definition) is 2. The minimum Gasteiger partial charge on any atom is -0.347 e. The second kappa shape index (κ2) is 5.44. The van der Waals surface area contributed by atoms with Gasteiger partial charge in [-0.1, -0.05) is 60.7 Å². The van der Waals surface area contributed by atoms with Crippen LogP contribution in [0.4, 0.5) is 0 Å². The van der Waals surface area contributed by atoms with Crippen molar-refractivity contribution in [2.24, 2.45) is 0 Å². The minimum absolute atomic E-state index is 0.395. The molecule has 1 fully saturated rings. The summed E-state index contributed by atoms with van der Waals surface area (Å²) in [5.74, 6) is -0.395. The van der Waals surface area contributed by atoms with Crippen molar-refractivity contribution in [1.29, 1.82) is 0 Å². The van der Waals surface area contributed by atoms with E-state index in [0.717, 1.165) is 19.3 Å². The summed E-state index contributed by atoms with van der Waals surface area (Å²) in [7, 11) is 0. The lowest BCUT2D eigenvalue weighted by Gasteiger charge is -2.34. The fourth-order valence-corrected chi connectivity index (χ4v) is 4.22. The molecule has 0 amide bonds. The molecular weight excluding hydrogens is 296 g/mol. The predicted molar refractivity (Wildman–Crippen MR) is 96.0 cm³/mol. The first kappa shape index (κ1) is 14.2. The van der Waals surface area contributed by atoms with Crippen molar-refractivity contribution in [3.05, 3.63) is 71.8 Å². The van der Waals surface area contributed by atoms with E-state index >= 15 is 0 Å². The Hall–Kier alpha value is -2.16. The molecule has 2 aliphatic rings. The smallest absolute Gasteiger partial charge is 0.172 e. The molecule has 0 radical (unpaired) electrons. The Morgan fingerprint density at radius 3 is 2.42 bits per heavy atom. The van der Waals surface area contributed by atoms with Gasteiger partial charge in [0.25, 0.3) is 0 Å². The summed E-state index contributed by atoms with van der Waals surface area (Å²) in [5, 5.41) is 2.59. The maximum atomic E-state index is 5.99. The van der Waals surface area contributed by atoms with Crippen LogP contribution in [0.25, 0.3) is 21.9 Å². The van der Waals surface area contributed by atoms with E-state index in [2.05, 4.69) is 60.7 Å². The van der Waals surface area contributed by atoms with Crippen LogP contribution in [0.3, 0.4) is 0 Å². The average molecular weight is 316 g/mol. The first-order valence-corrected chi connectivity index (χ1v) is 8.72. The summed E-state index contributed by atoms with van der Waals surface area (Å²) in [6, 6.07) is 21.9. The molecule has 5 rings (SSSR count).